The number of halogens is 1. The van der Waals surface area contributed by atoms with Crippen LogP contribution in [-0.4, -0.2) is 47.2 Å². The number of aromatic nitrogens is 1. The van der Waals surface area contributed by atoms with E-state index in [1.807, 2.05) is 4.90 Å². The first kappa shape index (κ1) is 16.5. The van der Waals surface area contributed by atoms with E-state index in [0.29, 0.717) is 13.2 Å². The number of allylic oxidation sites excluding steroid dienone is 1. The van der Waals surface area contributed by atoms with Crippen LogP contribution in [0.5, 0.6) is 5.88 Å². The molecule has 1 amide bonds. The van der Waals surface area contributed by atoms with Crippen molar-refractivity contribution in [3.63, 3.8) is 0 Å². The molecule has 6 heteroatoms. The minimum absolute atomic E-state index is 0.0146. The second-order valence-corrected chi connectivity index (χ2v) is 6.90. The van der Waals surface area contributed by atoms with Gasteiger partial charge in [-0.25, -0.2) is 9.37 Å². The highest BCUT2D eigenvalue weighted by molar-refractivity contribution is 5.93. The summed E-state index contributed by atoms with van der Waals surface area (Å²) in [6.45, 7) is 1.05. The zero-order valence-electron chi connectivity index (χ0n) is 14.2. The Morgan fingerprint density at radius 3 is 3.08 bits per heavy atom. The zero-order chi connectivity index (χ0) is 17.2. The minimum atomic E-state index is -0.487. The fourth-order valence-corrected chi connectivity index (χ4v) is 4.10. The van der Waals surface area contributed by atoms with Crippen molar-refractivity contribution in [1.82, 2.24) is 9.88 Å². The number of ether oxygens (including phenoxy) is 2. The van der Waals surface area contributed by atoms with Gasteiger partial charge in [0.2, 0.25) is 5.91 Å². The number of nitrogens with zero attached hydrogens (tertiary/aromatic N) is 2. The van der Waals surface area contributed by atoms with E-state index in [0.717, 1.165) is 44.1 Å². The molecule has 5 nitrogen and oxygen atoms in total. The van der Waals surface area contributed by atoms with Gasteiger partial charge in [0.15, 0.2) is 5.82 Å². The molecule has 3 atom stereocenters. The SMILES string of the molecule is O=C(C1=CCCCC1)N1CCO[C@H]2CC[C@H]1[C@H]2Oc1ncccc1F. The molecule has 2 heterocycles. The molecule has 1 saturated carbocycles. The highest BCUT2D eigenvalue weighted by Crippen LogP contribution is 2.34. The Kier molecular flexibility index (Phi) is 4.70. The van der Waals surface area contributed by atoms with Crippen molar-refractivity contribution in [2.75, 3.05) is 13.2 Å². The van der Waals surface area contributed by atoms with Crippen molar-refractivity contribution in [3.8, 4) is 5.88 Å². The summed E-state index contributed by atoms with van der Waals surface area (Å²) >= 11 is 0. The van der Waals surface area contributed by atoms with Crippen LogP contribution in [0.15, 0.2) is 30.0 Å². The molecule has 1 aliphatic heterocycles. The summed E-state index contributed by atoms with van der Waals surface area (Å²) in [5.41, 5.74) is 0.902. The van der Waals surface area contributed by atoms with Crippen LogP contribution in [0, 0.1) is 5.82 Å². The maximum Gasteiger partial charge on any atom is 0.250 e. The number of rotatable bonds is 3. The molecule has 0 radical (unpaired) electrons. The van der Waals surface area contributed by atoms with Crippen LogP contribution >= 0.6 is 0 Å². The molecular weight excluding hydrogens is 323 g/mol. The Hall–Kier alpha value is -1.95. The Morgan fingerprint density at radius 2 is 2.28 bits per heavy atom. The molecule has 25 heavy (non-hydrogen) atoms. The molecule has 0 aromatic carbocycles. The van der Waals surface area contributed by atoms with E-state index in [1.165, 1.54) is 18.3 Å². The standard InChI is InChI=1S/C19H23FN2O3/c20-14-7-4-10-21-18(14)25-17-15-8-9-16(17)24-12-11-22(15)19(23)13-5-2-1-3-6-13/h4-5,7,10,15-17H,1-3,6,8-9,11-12H2/t15-,16-,17+/m0/s1. The lowest BCUT2D eigenvalue weighted by Gasteiger charge is -2.32. The van der Waals surface area contributed by atoms with Gasteiger partial charge in [-0.1, -0.05) is 6.08 Å². The minimum Gasteiger partial charge on any atom is -0.467 e. The van der Waals surface area contributed by atoms with Crippen LogP contribution < -0.4 is 4.74 Å². The highest BCUT2D eigenvalue weighted by Gasteiger charge is 2.46. The number of pyridine rings is 1. The largest absolute Gasteiger partial charge is 0.467 e. The molecule has 0 unspecified atom stereocenters. The smallest absolute Gasteiger partial charge is 0.250 e. The summed E-state index contributed by atoms with van der Waals surface area (Å²) in [7, 11) is 0. The summed E-state index contributed by atoms with van der Waals surface area (Å²) in [5.74, 6) is -0.413. The lowest BCUT2D eigenvalue weighted by molar-refractivity contribution is -0.130. The van der Waals surface area contributed by atoms with E-state index in [4.69, 9.17) is 9.47 Å². The number of amides is 1. The molecule has 1 saturated heterocycles. The third kappa shape index (κ3) is 3.27. The quantitative estimate of drug-likeness (QED) is 0.844. The van der Waals surface area contributed by atoms with Gasteiger partial charge in [0.1, 0.15) is 6.10 Å². The van der Waals surface area contributed by atoms with Gasteiger partial charge in [-0.2, -0.15) is 0 Å². The predicted molar refractivity (Wildman–Crippen MR) is 89.6 cm³/mol. The van der Waals surface area contributed by atoms with Gasteiger partial charge in [-0.3, -0.25) is 4.79 Å². The normalized spacial score (nSPS) is 29.1. The van der Waals surface area contributed by atoms with Gasteiger partial charge in [0, 0.05) is 18.3 Å². The van der Waals surface area contributed by atoms with Crippen LogP contribution in [0.2, 0.25) is 0 Å². The van der Waals surface area contributed by atoms with Crippen LogP contribution in [0.3, 0.4) is 0 Å². The van der Waals surface area contributed by atoms with Crippen LogP contribution in [0.4, 0.5) is 4.39 Å². The second kappa shape index (κ2) is 7.12. The Labute approximate surface area is 146 Å². The lowest BCUT2D eigenvalue weighted by atomic mass is 9.97. The zero-order valence-corrected chi connectivity index (χ0v) is 14.2. The van der Waals surface area contributed by atoms with Gasteiger partial charge in [0.05, 0.1) is 18.8 Å². The Morgan fingerprint density at radius 1 is 1.36 bits per heavy atom. The third-order valence-corrected chi connectivity index (χ3v) is 5.36. The third-order valence-electron chi connectivity index (χ3n) is 5.36. The molecule has 4 rings (SSSR count). The molecule has 0 N–H and O–H groups in total. The van der Waals surface area contributed by atoms with E-state index >= 15 is 0 Å². The molecule has 2 fully saturated rings. The summed E-state index contributed by atoms with van der Waals surface area (Å²) < 4.78 is 25.7. The van der Waals surface area contributed by atoms with Crippen LogP contribution in [0.1, 0.15) is 38.5 Å². The van der Waals surface area contributed by atoms with Gasteiger partial charge < -0.3 is 14.4 Å². The van der Waals surface area contributed by atoms with Crippen molar-refractivity contribution in [2.45, 2.75) is 56.8 Å². The van der Waals surface area contributed by atoms with Gasteiger partial charge >= 0.3 is 0 Å². The Bertz CT molecular complexity index is 678. The average Bonchev–Trinajstić information content (AvgIpc) is 2.92. The molecule has 0 spiro atoms. The first-order chi connectivity index (χ1) is 12.2. The van der Waals surface area contributed by atoms with Crippen LogP contribution in [-0.2, 0) is 9.53 Å². The van der Waals surface area contributed by atoms with Crippen molar-refractivity contribution in [2.24, 2.45) is 0 Å². The van der Waals surface area contributed by atoms with E-state index in [-0.39, 0.29) is 30.0 Å². The molecule has 2 aliphatic carbocycles. The maximum atomic E-state index is 13.9. The second-order valence-electron chi connectivity index (χ2n) is 6.90. The van der Waals surface area contributed by atoms with Crippen molar-refractivity contribution in [1.29, 1.82) is 0 Å². The average molecular weight is 346 g/mol. The van der Waals surface area contributed by atoms with E-state index in [2.05, 4.69) is 11.1 Å². The van der Waals surface area contributed by atoms with Gasteiger partial charge in [-0.15, -0.1) is 0 Å². The van der Waals surface area contributed by atoms with Crippen molar-refractivity contribution < 1.29 is 18.7 Å². The monoisotopic (exact) mass is 346 g/mol. The first-order valence-corrected chi connectivity index (χ1v) is 9.13. The number of hydrogen-bond acceptors (Lipinski definition) is 4. The van der Waals surface area contributed by atoms with Crippen molar-refractivity contribution >= 4 is 5.91 Å². The van der Waals surface area contributed by atoms with E-state index < -0.39 is 5.82 Å². The van der Waals surface area contributed by atoms with Gasteiger partial charge in [0.25, 0.3) is 5.88 Å². The number of carbonyl (C=O) groups excluding carboxylic acids is 1. The number of carbonyl (C=O) groups is 1. The van der Waals surface area contributed by atoms with E-state index in [1.54, 1.807) is 0 Å². The molecular formula is C19H23FN2O3. The number of hydrogen-bond donors (Lipinski definition) is 0. The van der Waals surface area contributed by atoms with E-state index in [9.17, 15) is 9.18 Å². The summed E-state index contributed by atoms with van der Waals surface area (Å²) in [6, 6.07) is 2.77. The molecule has 1 aromatic rings. The molecule has 134 valence electrons. The lowest BCUT2D eigenvalue weighted by Crippen LogP contribution is -2.48. The topological polar surface area (TPSA) is 51.7 Å². The molecule has 2 bridgehead atoms. The molecule has 3 aliphatic rings. The fourth-order valence-electron chi connectivity index (χ4n) is 4.10. The Balaban J connectivity index is 1.57. The van der Waals surface area contributed by atoms with Crippen LogP contribution in [0.25, 0.3) is 0 Å². The highest BCUT2D eigenvalue weighted by atomic mass is 19.1. The number of fused-ring (bicyclic) bond motifs is 2. The predicted octanol–water partition coefficient (Wildman–Crippen LogP) is 2.86. The summed E-state index contributed by atoms with van der Waals surface area (Å²) in [4.78, 5) is 18.9. The molecule has 1 aromatic heterocycles. The first-order valence-electron chi connectivity index (χ1n) is 9.13. The fraction of sp³-hybridized carbons (Fsp3) is 0.579. The maximum absolute atomic E-state index is 13.9. The van der Waals surface area contributed by atoms with Gasteiger partial charge in [-0.05, 0) is 50.7 Å². The summed E-state index contributed by atoms with van der Waals surface area (Å²) in [5, 5.41) is 0. The summed E-state index contributed by atoms with van der Waals surface area (Å²) in [6.07, 6.45) is 8.72. The van der Waals surface area contributed by atoms with Crippen molar-refractivity contribution in [3.05, 3.63) is 35.8 Å².